The molecule has 2 saturated heterocycles. The molecule has 0 saturated carbocycles. The number of rotatable bonds is 5. The average Bonchev–Trinajstić information content (AvgIpc) is 3.21. The summed E-state index contributed by atoms with van der Waals surface area (Å²) in [7, 11) is 0. The van der Waals surface area contributed by atoms with Gasteiger partial charge in [-0.1, -0.05) is 0 Å². The van der Waals surface area contributed by atoms with Crippen LogP contribution >= 0.6 is 0 Å². The molecule has 2 aromatic heterocycles. The first-order valence-corrected chi connectivity index (χ1v) is 10.3. The van der Waals surface area contributed by atoms with Crippen LogP contribution in [0, 0.1) is 6.92 Å². The standard InChI is InChI=1S/C21H28N6O2/c1-15-11-16(17-13-23-21(22)24-14-17)12-18(25-15)19-3-2-5-26(19)6-4-20(28)27-7-9-29-10-8-27/h11-14,19H,2-10H2,1H3,(H2,22,23,24)/t19-/m1/s1. The molecule has 2 aliphatic rings. The molecule has 4 rings (SSSR count). The van der Waals surface area contributed by atoms with E-state index in [2.05, 4.69) is 20.9 Å². The second kappa shape index (κ2) is 8.84. The molecule has 0 bridgehead atoms. The highest BCUT2D eigenvalue weighted by Gasteiger charge is 2.28. The zero-order valence-electron chi connectivity index (χ0n) is 16.9. The maximum Gasteiger partial charge on any atom is 0.224 e. The van der Waals surface area contributed by atoms with Gasteiger partial charge in [0.15, 0.2) is 0 Å². The molecule has 2 fully saturated rings. The van der Waals surface area contributed by atoms with E-state index in [-0.39, 0.29) is 17.9 Å². The van der Waals surface area contributed by atoms with E-state index in [0.717, 1.165) is 48.4 Å². The summed E-state index contributed by atoms with van der Waals surface area (Å²) in [6.45, 7) is 6.45. The number of hydrogen-bond acceptors (Lipinski definition) is 7. The van der Waals surface area contributed by atoms with Gasteiger partial charge in [0.2, 0.25) is 11.9 Å². The number of carbonyl (C=O) groups is 1. The molecule has 0 aliphatic carbocycles. The van der Waals surface area contributed by atoms with Crippen LogP contribution in [0.3, 0.4) is 0 Å². The third-order valence-electron chi connectivity index (χ3n) is 5.66. The summed E-state index contributed by atoms with van der Waals surface area (Å²) in [4.78, 5) is 29.8. The number of anilines is 1. The predicted octanol–water partition coefficient (Wildman–Crippen LogP) is 1.82. The molecule has 0 radical (unpaired) electrons. The third kappa shape index (κ3) is 4.71. The zero-order valence-corrected chi connectivity index (χ0v) is 16.9. The quantitative estimate of drug-likeness (QED) is 0.823. The fourth-order valence-corrected chi connectivity index (χ4v) is 4.16. The summed E-state index contributed by atoms with van der Waals surface area (Å²) in [5.41, 5.74) is 9.60. The van der Waals surface area contributed by atoms with Gasteiger partial charge in [0.1, 0.15) is 0 Å². The first-order chi connectivity index (χ1) is 14.1. The number of morpholine rings is 1. The van der Waals surface area contributed by atoms with Crippen molar-refractivity contribution in [3.05, 3.63) is 35.9 Å². The Labute approximate surface area is 171 Å². The van der Waals surface area contributed by atoms with Crippen molar-refractivity contribution in [1.82, 2.24) is 24.8 Å². The minimum Gasteiger partial charge on any atom is -0.378 e. The van der Waals surface area contributed by atoms with E-state index in [1.807, 2.05) is 17.9 Å². The number of pyridine rings is 1. The number of hydrogen-bond donors (Lipinski definition) is 1. The van der Waals surface area contributed by atoms with Crippen molar-refractivity contribution in [1.29, 1.82) is 0 Å². The minimum atomic E-state index is 0.218. The lowest BCUT2D eigenvalue weighted by Gasteiger charge is -2.29. The SMILES string of the molecule is Cc1cc(-c2cnc(N)nc2)cc([C@H]2CCCN2CCC(=O)N2CCOCC2)n1. The Kier molecular flexibility index (Phi) is 6.01. The summed E-state index contributed by atoms with van der Waals surface area (Å²) in [5, 5.41) is 0. The molecule has 1 amide bonds. The molecule has 2 aromatic rings. The van der Waals surface area contributed by atoms with Gasteiger partial charge in [0.25, 0.3) is 0 Å². The van der Waals surface area contributed by atoms with Crippen LogP contribution in [0.2, 0.25) is 0 Å². The van der Waals surface area contributed by atoms with E-state index in [1.165, 1.54) is 0 Å². The van der Waals surface area contributed by atoms with Crippen molar-refractivity contribution < 1.29 is 9.53 Å². The maximum absolute atomic E-state index is 12.5. The van der Waals surface area contributed by atoms with Crippen molar-refractivity contribution in [2.24, 2.45) is 0 Å². The van der Waals surface area contributed by atoms with Crippen molar-refractivity contribution in [2.45, 2.75) is 32.2 Å². The van der Waals surface area contributed by atoms with E-state index in [0.29, 0.717) is 32.7 Å². The van der Waals surface area contributed by atoms with E-state index < -0.39 is 0 Å². The molecule has 29 heavy (non-hydrogen) atoms. The van der Waals surface area contributed by atoms with Gasteiger partial charge in [-0.2, -0.15) is 0 Å². The number of likely N-dealkylation sites (tertiary alicyclic amines) is 1. The average molecular weight is 396 g/mol. The highest BCUT2D eigenvalue weighted by Crippen LogP contribution is 2.33. The first-order valence-electron chi connectivity index (χ1n) is 10.3. The van der Waals surface area contributed by atoms with Crippen LogP contribution in [0.15, 0.2) is 24.5 Å². The van der Waals surface area contributed by atoms with Gasteiger partial charge in [-0.25, -0.2) is 9.97 Å². The smallest absolute Gasteiger partial charge is 0.224 e. The second-order valence-electron chi connectivity index (χ2n) is 7.69. The van der Waals surface area contributed by atoms with E-state index >= 15 is 0 Å². The number of nitrogens with zero attached hydrogens (tertiary/aromatic N) is 5. The van der Waals surface area contributed by atoms with Gasteiger partial charge in [0.05, 0.1) is 24.9 Å². The lowest BCUT2D eigenvalue weighted by Crippen LogP contribution is -2.42. The van der Waals surface area contributed by atoms with Crippen molar-refractivity contribution >= 4 is 11.9 Å². The van der Waals surface area contributed by atoms with Crippen LogP contribution in [0.1, 0.15) is 36.7 Å². The Bertz CT molecular complexity index is 851. The van der Waals surface area contributed by atoms with Crippen molar-refractivity contribution in [2.75, 3.05) is 45.1 Å². The number of aryl methyl sites for hydroxylation is 1. The summed E-state index contributed by atoms with van der Waals surface area (Å²) in [6, 6.07) is 4.40. The van der Waals surface area contributed by atoms with Crippen molar-refractivity contribution in [3.63, 3.8) is 0 Å². The summed E-state index contributed by atoms with van der Waals surface area (Å²) < 4.78 is 5.34. The Morgan fingerprint density at radius 3 is 2.69 bits per heavy atom. The topological polar surface area (TPSA) is 97.5 Å². The lowest BCUT2D eigenvalue weighted by molar-refractivity contribution is -0.135. The highest BCUT2D eigenvalue weighted by molar-refractivity contribution is 5.76. The van der Waals surface area contributed by atoms with Crippen LogP contribution in [0.4, 0.5) is 5.95 Å². The molecule has 0 unspecified atom stereocenters. The van der Waals surface area contributed by atoms with E-state index in [1.54, 1.807) is 12.4 Å². The lowest BCUT2D eigenvalue weighted by atomic mass is 10.0. The Morgan fingerprint density at radius 1 is 1.17 bits per heavy atom. The molecule has 1 atom stereocenters. The molecule has 2 N–H and O–H groups in total. The Balaban J connectivity index is 1.46. The number of ether oxygens (including phenoxy) is 1. The molecule has 4 heterocycles. The van der Waals surface area contributed by atoms with Crippen LogP contribution in [0.5, 0.6) is 0 Å². The molecular formula is C21H28N6O2. The number of nitrogen functional groups attached to an aromatic ring is 1. The fraction of sp³-hybridized carbons (Fsp3) is 0.524. The van der Waals surface area contributed by atoms with Gasteiger partial charge in [0, 0.05) is 49.7 Å². The monoisotopic (exact) mass is 396 g/mol. The third-order valence-corrected chi connectivity index (χ3v) is 5.66. The van der Waals surface area contributed by atoms with E-state index in [4.69, 9.17) is 15.5 Å². The van der Waals surface area contributed by atoms with Gasteiger partial charge in [-0.15, -0.1) is 0 Å². The molecule has 0 spiro atoms. The van der Waals surface area contributed by atoms with Crippen LogP contribution in [0.25, 0.3) is 11.1 Å². The number of nitrogens with two attached hydrogens (primary N) is 1. The predicted molar refractivity (Wildman–Crippen MR) is 110 cm³/mol. The normalized spacial score (nSPS) is 20.2. The maximum atomic E-state index is 12.5. The first kappa shape index (κ1) is 19.7. The van der Waals surface area contributed by atoms with Crippen LogP contribution < -0.4 is 5.73 Å². The number of amides is 1. The second-order valence-corrected chi connectivity index (χ2v) is 7.69. The van der Waals surface area contributed by atoms with Gasteiger partial charge < -0.3 is 15.4 Å². The number of aromatic nitrogens is 3. The molecular weight excluding hydrogens is 368 g/mol. The molecule has 0 aromatic carbocycles. The Morgan fingerprint density at radius 2 is 1.93 bits per heavy atom. The van der Waals surface area contributed by atoms with E-state index in [9.17, 15) is 4.79 Å². The molecule has 8 heteroatoms. The van der Waals surface area contributed by atoms with Crippen molar-refractivity contribution in [3.8, 4) is 11.1 Å². The molecule has 154 valence electrons. The molecule has 8 nitrogen and oxygen atoms in total. The van der Waals surface area contributed by atoms with Crippen LogP contribution in [-0.4, -0.2) is 70.1 Å². The van der Waals surface area contributed by atoms with Gasteiger partial charge in [-0.3, -0.25) is 14.7 Å². The summed E-state index contributed by atoms with van der Waals surface area (Å²) in [5.74, 6) is 0.488. The zero-order chi connectivity index (χ0) is 20.2. The molecule has 2 aliphatic heterocycles. The van der Waals surface area contributed by atoms with Gasteiger partial charge in [-0.05, 0) is 44.0 Å². The number of carbonyl (C=O) groups excluding carboxylic acids is 1. The summed E-state index contributed by atoms with van der Waals surface area (Å²) >= 11 is 0. The minimum absolute atomic E-state index is 0.218. The highest BCUT2D eigenvalue weighted by atomic mass is 16.5. The largest absolute Gasteiger partial charge is 0.378 e. The van der Waals surface area contributed by atoms with Gasteiger partial charge >= 0.3 is 0 Å². The summed E-state index contributed by atoms with van der Waals surface area (Å²) in [6.07, 6.45) is 6.20. The Hall–Kier alpha value is -2.58. The fourth-order valence-electron chi connectivity index (χ4n) is 4.16. The van der Waals surface area contributed by atoms with Crippen LogP contribution in [-0.2, 0) is 9.53 Å².